The predicted octanol–water partition coefficient (Wildman–Crippen LogP) is 3.43. The van der Waals surface area contributed by atoms with Crippen LogP contribution >= 0.6 is 0 Å². The standard InChI is InChI=1S/C21H34N4O/c1-16(2)8-6-9-17(3)24-21(22)23-14-18-10-4-5-11-19(18)15-25-13-7-12-20(25)26/h4-5,10-11,16-17H,6-9,12-15H2,1-3H3,(H3,22,23,24). The van der Waals surface area contributed by atoms with Crippen LogP contribution < -0.4 is 11.1 Å². The van der Waals surface area contributed by atoms with E-state index in [4.69, 9.17) is 5.73 Å². The second-order valence-electron chi connectivity index (χ2n) is 7.76. The second kappa shape index (κ2) is 10.2. The number of aliphatic imine (C=N–C) groups is 1. The van der Waals surface area contributed by atoms with Crippen LogP contribution in [-0.2, 0) is 17.9 Å². The van der Waals surface area contributed by atoms with Crippen molar-refractivity contribution in [1.29, 1.82) is 0 Å². The van der Waals surface area contributed by atoms with E-state index in [2.05, 4.69) is 43.2 Å². The summed E-state index contributed by atoms with van der Waals surface area (Å²) in [5, 5.41) is 3.29. The summed E-state index contributed by atoms with van der Waals surface area (Å²) in [4.78, 5) is 18.3. The summed E-state index contributed by atoms with van der Waals surface area (Å²) in [6.45, 7) is 8.71. The van der Waals surface area contributed by atoms with Crippen LogP contribution in [0.25, 0.3) is 0 Å². The van der Waals surface area contributed by atoms with Gasteiger partial charge in [-0.25, -0.2) is 4.99 Å². The number of likely N-dealkylation sites (tertiary alicyclic amines) is 1. The van der Waals surface area contributed by atoms with E-state index in [1.165, 1.54) is 12.8 Å². The smallest absolute Gasteiger partial charge is 0.222 e. The molecule has 26 heavy (non-hydrogen) atoms. The number of nitrogens with zero attached hydrogens (tertiary/aromatic N) is 2. The molecule has 5 heteroatoms. The fraction of sp³-hybridized carbons (Fsp3) is 0.619. The molecule has 0 saturated carbocycles. The third kappa shape index (κ3) is 6.70. The van der Waals surface area contributed by atoms with Crippen molar-refractivity contribution in [2.45, 2.75) is 72.0 Å². The van der Waals surface area contributed by atoms with Crippen molar-refractivity contribution in [2.75, 3.05) is 6.54 Å². The SMILES string of the molecule is CC(C)CCCC(C)NC(N)=NCc1ccccc1CN1CCCC1=O. The van der Waals surface area contributed by atoms with E-state index in [-0.39, 0.29) is 5.91 Å². The maximum absolute atomic E-state index is 11.9. The molecular weight excluding hydrogens is 324 g/mol. The third-order valence-corrected chi connectivity index (χ3v) is 4.88. The van der Waals surface area contributed by atoms with E-state index < -0.39 is 0 Å². The maximum atomic E-state index is 11.9. The molecule has 0 radical (unpaired) electrons. The van der Waals surface area contributed by atoms with E-state index in [1.807, 2.05) is 17.0 Å². The van der Waals surface area contributed by atoms with Gasteiger partial charge in [0.2, 0.25) is 5.91 Å². The average molecular weight is 359 g/mol. The normalized spacial score (nSPS) is 16.4. The fourth-order valence-electron chi connectivity index (χ4n) is 3.32. The lowest BCUT2D eigenvalue weighted by atomic mass is 10.0. The molecule has 1 aliphatic heterocycles. The molecule has 1 aromatic carbocycles. The van der Waals surface area contributed by atoms with Crippen molar-refractivity contribution in [3.8, 4) is 0 Å². The Labute approximate surface area is 158 Å². The number of carbonyl (C=O) groups is 1. The Morgan fingerprint density at radius 2 is 1.96 bits per heavy atom. The van der Waals surface area contributed by atoms with Gasteiger partial charge in [0.25, 0.3) is 0 Å². The highest BCUT2D eigenvalue weighted by Crippen LogP contribution is 2.17. The van der Waals surface area contributed by atoms with E-state index >= 15 is 0 Å². The van der Waals surface area contributed by atoms with Gasteiger partial charge in [0.1, 0.15) is 0 Å². The van der Waals surface area contributed by atoms with Crippen molar-refractivity contribution >= 4 is 11.9 Å². The predicted molar refractivity (Wildman–Crippen MR) is 108 cm³/mol. The van der Waals surface area contributed by atoms with Gasteiger partial charge in [-0.05, 0) is 36.8 Å². The average Bonchev–Trinajstić information content (AvgIpc) is 2.98. The van der Waals surface area contributed by atoms with Crippen molar-refractivity contribution in [1.82, 2.24) is 10.2 Å². The van der Waals surface area contributed by atoms with Crippen LogP contribution in [0.2, 0.25) is 0 Å². The van der Waals surface area contributed by atoms with Gasteiger partial charge in [0.05, 0.1) is 6.54 Å². The Kier molecular flexibility index (Phi) is 7.95. The lowest BCUT2D eigenvalue weighted by molar-refractivity contribution is -0.128. The largest absolute Gasteiger partial charge is 0.370 e. The highest BCUT2D eigenvalue weighted by Gasteiger charge is 2.20. The number of guanidine groups is 1. The van der Waals surface area contributed by atoms with Gasteiger partial charge in [-0.1, -0.05) is 51.0 Å². The van der Waals surface area contributed by atoms with Gasteiger partial charge in [-0.15, -0.1) is 0 Å². The second-order valence-corrected chi connectivity index (χ2v) is 7.76. The number of nitrogens with two attached hydrogens (primary N) is 1. The molecule has 1 aromatic rings. The topological polar surface area (TPSA) is 70.7 Å². The first-order valence-corrected chi connectivity index (χ1v) is 9.86. The van der Waals surface area contributed by atoms with Crippen LogP contribution in [-0.4, -0.2) is 29.4 Å². The molecule has 1 amide bonds. The number of amides is 1. The summed E-state index contributed by atoms with van der Waals surface area (Å²) in [5.41, 5.74) is 8.35. The number of hydrogen-bond donors (Lipinski definition) is 2. The molecule has 1 fully saturated rings. The molecule has 0 aliphatic carbocycles. The molecule has 1 heterocycles. The zero-order chi connectivity index (χ0) is 18.9. The van der Waals surface area contributed by atoms with Crippen molar-refractivity contribution < 1.29 is 4.79 Å². The quantitative estimate of drug-likeness (QED) is 0.525. The van der Waals surface area contributed by atoms with Crippen molar-refractivity contribution in [2.24, 2.45) is 16.6 Å². The molecule has 2 rings (SSSR count). The number of carbonyl (C=O) groups excluding carboxylic acids is 1. The number of rotatable bonds is 9. The molecule has 1 unspecified atom stereocenters. The summed E-state index contributed by atoms with van der Waals surface area (Å²) in [5.74, 6) is 1.49. The molecule has 1 aliphatic rings. The molecule has 0 aromatic heterocycles. The molecule has 3 N–H and O–H groups in total. The van der Waals surface area contributed by atoms with E-state index in [0.717, 1.165) is 36.4 Å². The highest BCUT2D eigenvalue weighted by molar-refractivity contribution is 5.78. The highest BCUT2D eigenvalue weighted by atomic mass is 16.2. The molecule has 1 saturated heterocycles. The molecule has 0 bridgehead atoms. The van der Waals surface area contributed by atoms with E-state index in [0.29, 0.717) is 31.5 Å². The van der Waals surface area contributed by atoms with Gasteiger partial charge in [0.15, 0.2) is 5.96 Å². The molecule has 5 nitrogen and oxygen atoms in total. The summed E-state index contributed by atoms with van der Waals surface area (Å²) >= 11 is 0. The Bertz CT molecular complexity index is 612. The van der Waals surface area contributed by atoms with Crippen LogP contribution in [0.15, 0.2) is 29.3 Å². The molecule has 144 valence electrons. The Morgan fingerprint density at radius 3 is 2.62 bits per heavy atom. The zero-order valence-corrected chi connectivity index (χ0v) is 16.5. The lowest BCUT2D eigenvalue weighted by Gasteiger charge is -2.18. The lowest BCUT2D eigenvalue weighted by Crippen LogP contribution is -2.38. The van der Waals surface area contributed by atoms with Gasteiger partial charge in [-0.2, -0.15) is 0 Å². The summed E-state index contributed by atoms with van der Waals surface area (Å²) < 4.78 is 0. The minimum Gasteiger partial charge on any atom is -0.370 e. The van der Waals surface area contributed by atoms with Gasteiger partial charge >= 0.3 is 0 Å². The van der Waals surface area contributed by atoms with Gasteiger partial charge in [0, 0.05) is 25.6 Å². The molecule has 1 atom stereocenters. The summed E-state index contributed by atoms with van der Waals surface area (Å²) in [7, 11) is 0. The zero-order valence-electron chi connectivity index (χ0n) is 16.5. The summed E-state index contributed by atoms with van der Waals surface area (Å²) in [6, 6.07) is 8.50. The van der Waals surface area contributed by atoms with Gasteiger partial charge < -0.3 is 16.0 Å². The van der Waals surface area contributed by atoms with E-state index in [1.54, 1.807) is 0 Å². The first kappa shape index (κ1) is 20.3. The van der Waals surface area contributed by atoms with Crippen molar-refractivity contribution in [3.05, 3.63) is 35.4 Å². The van der Waals surface area contributed by atoms with E-state index in [9.17, 15) is 4.79 Å². The van der Waals surface area contributed by atoms with Crippen LogP contribution in [0.4, 0.5) is 0 Å². The molecular formula is C21H34N4O. The monoisotopic (exact) mass is 358 g/mol. The Morgan fingerprint density at radius 1 is 1.23 bits per heavy atom. The number of benzene rings is 1. The maximum Gasteiger partial charge on any atom is 0.222 e. The Hall–Kier alpha value is -2.04. The Balaban J connectivity index is 1.87. The van der Waals surface area contributed by atoms with Crippen molar-refractivity contribution in [3.63, 3.8) is 0 Å². The van der Waals surface area contributed by atoms with Gasteiger partial charge in [-0.3, -0.25) is 4.79 Å². The first-order chi connectivity index (χ1) is 12.5. The minimum absolute atomic E-state index is 0.250. The first-order valence-electron chi connectivity index (χ1n) is 9.86. The van der Waals surface area contributed by atoms with Crippen LogP contribution in [0.5, 0.6) is 0 Å². The third-order valence-electron chi connectivity index (χ3n) is 4.88. The van der Waals surface area contributed by atoms with Crippen LogP contribution in [0.1, 0.15) is 64.0 Å². The minimum atomic E-state index is 0.250. The van der Waals surface area contributed by atoms with Crippen LogP contribution in [0.3, 0.4) is 0 Å². The fourth-order valence-corrected chi connectivity index (χ4v) is 3.32. The van der Waals surface area contributed by atoms with Crippen LogP contribution in [0, 0.1) is 5.92 Å². The molecule has 0 spiro atoms. The number of hydrogen-bond acceptors (Lipinski definition) is 2. The summed E-state index contributed by atoms with van der Waals surface area (Å²) in [6.07, 6.45) is 5.18. The number of nitrogens with one attached hydrogen (secondary N) is 1.